The van der Waals surface area contributed by atoms with Crippen LogP contribution in [-0.2, 0) is 0 Å². The molecule has 0 spiro atoms. The number of nitrogens with two attached hydrogens (primary N) is 1. The minimum atomic E-state index is 0.258. The van der Waals surface area contributed by atoms with Crippen molar-refractivity contribution in [2.24, 2.45) is 5.92 Å². The standard InChI is InChI=1S/C9H12N4S/c1-6(2)5-14-9-12-4-7(3-10)8(11)13-9/h4,6H,5H2,1-2H3,(H2,11,12,13). The Hall–Kier alpha value is -1.28. The van der Waals surface area contributed by atoms with Gasteiger partial charge in [-0.05, 0) is 5.92 Å². The minimum absolute atomic E-state index is 0.258. The number of aromatic nitrogens is 2. The van der Waals surface area contributed by atoms with Gasteiger partial charge in [0.25, 0.3) is 0 Å². The van der Waals surface area contributed by atoms with Gasteiger partial charge in [0.15, 0.2) is 5.16 Å². The highest BCUT2D eigenvalue weighted by atomic mass is 32.2. The summed E-state index contributed by atoms with van der Waals surface area (Å²) in [6.07, 6.45) is 1.46. The van der Waals surface area contributed by atoms with Crippen LogP contribution in [0.15, 0.2) is 11.4 Å². The SMILES string of the molecule is CC(C)CSc1ncc(C#N)c(N)n1. The summed E-state index contributed by atoms with van der Waals surface area (Å²) in [4.78, 5) is 8.05. The number of nitrogens with zero attached hydrogens (tertiary/aromatic N) is 3. The van der Waals surface area contributed by atoms with E-state index in [1.54, 1.807) is 11.8 Å². The zero-order valence-electron chi connectivity index (χ0n) is 8.19. The molecule has 0 bridgehead atoms. The van der Waals surface area contributed by atoms with Gasteiger partial charge in [-0.3, -0.25) is 0 Å². The van der Waals surface area contributed by atoms with Gasteiger partial charge in [-0.2, -0.15) is 5.26 Å². The monoisotopic (exact) mass is 208 g/mol. The molecule has 74 valence electrons. The fraction of sp³-hybridized carbons (Fsp3) is 0.444. The lowest BCUT2D eigenvalue weighted by molar-refractivity contribution is 0.748. The molecule has 0 fully saturated rings. The van der Waals surface area contributed by atoms with Gasteiger partial charge in [0.1, 0.15) is 17.5 Å². The van der Waals surface area contributed by atoms with Gasteiger partial charge < -0.3 is 5.73 Å². The first-order chi connectivity index (χ1) is 6.63. The van der Waals surface area contributed by atoms with E-state index in [4.69, 9.17) is 11.0 Å². The van der Waals surface area contributed by atoms with Crippen LogP contribution in [0.5, 0.6) is 0 Å². The zero-order chi connectivity index (χ0) is 10.6. The maximum absolute atomic E-state index is 8.61. The molecule has 1 heterocycles. The summed E-state index contributed by atoms with van der Waals surface area (Å²) in [5.74, 6) is 1.79. The van der Waals surface area contributed by atoms with Gasteiger partial charge in [-0.1, -0.05) is 25.6 Å². The third-order valence-electron chi connectivity index (χ3n) is 1.46. The summed E-state index contributed by atoms with van der Waals surface area (Å²) in [5.41, 5.74) is 5.88. The van der Waals surface area contributed by atoms with E-state index >= 15 is 0 Å². The van der Waals surface area contributed by atoms with Gasteiger partial charge in [0, 0.05) is 5.75 Å². The lowest BCUT2D eigenvalue weighted by Crippen LogP contribution is -1.99. The molecule has 4 nitrogen and oxygen atoms in total. The number of nitriles is 1. The molecular formula is C9H12N4S. The Bertz CT molecular complexity index is 356. The van der Waals surface area contributed by atoms with Gasteiger partial charge >= 0.3 is 0 Å². The van der Waals surface area contributed by atoms with E-state index in [0.717, 1.165) is 5.75 Å². The third kappa shape index (κ3) is 2.89. The second-order valence-corrected chi connectivity index (χ2v) is 4.26. The summed E-state index contributed by atoms with van der Waals surface area (Å²) in [5, 5.41) is 9.25. The average Bonchev–Trinajstić information content (AvgIpc) is 2.15. The maximum Gasteiger partial charge on any atom is 0.189 e. The molecule has 0 aliphatic carbocycles. The number of hydrogen-bond donors (Lipinski definition) is 1. The number of hydrogen-bond acceptors (Lipinski definition) is 5. The number of thioether (sulfide) groups is 1. The fourth-order valence-electron chi connectivity index (χ4n) is 0.775. The smallest absolute Gasteiger partial charge is 0.189 e. The van der Waals surface area contributed by atoms with Crippen molar-refractivity contribution in [2.75, 3.05) is 11.5 Å². The van der Waals surface area contributed by atoms with E-state index in [1.165, 1.54) is 6.20 Å². The summed E-state index contributed by atoms with van der Waals surface area (Å²) in [6, 6.07) is 1.93. The summed E-state index contributed by atoms with van der Waals surface area (Å²) >= 11 is 1.55. The Labute approximate surface area is 87.6 Å². The van der Waals surface area contributed by atoms with Gasteiger partial charge in [0.05, 0.1) is 6.20 Å². The summed E-state index contributed by atoms with van der Waals surface area (Å²) in [7, 11) is 0. The summed E-state index contributed by atoms with van der Waals surface area (Å²) in [6.45, 7) is 4.25. The van der Waals surface area contributed by atoms with Crippen molar-refractivity contribution in [3.8, 4) is 6.07 Å². The average molecular weight is 208 g/mol. The second kappa shape index (κ2) is 4.82. The second-order valence-electron chi connectivity index (χ2n) is 3.27. The molecule has 14 heavy (non-hydrogen) atoms. The van der Waals surface area contributed by atoms with E-state index in [-0.39, 0.29) is 5.82 Å². The molecule has 0 radical (unpaired) electrons. The van der Waals surface area contributed by atoms with Gasteiger partial charge in [-0.25, -0.2) is 9.97 Å². The van der Waals surface area contributed by atoms with Crippen molar-refractivity contribution in [1.82, 2.24) is 9.97 Å². The molecule has 0 atom stereocenters. The number of nitrogen functional groups attached to an aromatic ring is 1. The molecule has 0 aromatic carbocycles. The van der Waals surface area contributed by atoms with Crippen LogP contribution in [0.25, 0.3) is 0 Å². The van der Waals surface area contributed by atoms with E-state index in [1.807, 2.05) is 6.07 Å². The molecule has 0 aliphatic heterocycles. The molecule has 0 amide bonds. The first-order valence-electron chi connectivity index (χ1n) is 4.29. The van der Waals surface area contributed by atoms with Crippen LogP contribution in [0, 0.1) is 17.2 Å². The normalized spacial score (nSPS) is 10.1. The van der Waals surface area contributed by atoms with E-state index in [0.29, 0.717) is 16.6 Å². The van der Waals surface area contributed by atoms with E-state index in [9.17, 15) is 0 Å². The predicted molar refractivity (Wildman–Crippen MR) is 56.7 cm³/mol. The van der Waals surface area contributed by atoms with Crippen LogP contribution < -0.4 is 5.73 Å². The van der Waals surface area contributed by atoms with Crippen molar-refractivity contribution < 1.29 is 0 Å². The highest BCUT2D eigenvalue weighted by molar-refractivity contribution is 7.99. The Morgan fingerprint density at radius 3 is 2.86 bits per heavy atom. The van der Waals surface area contributed by atoms with Crippen LogP contribution in [0.2, 0.25) is 0 Å². The van der Waals surface area contributed by atoms with E-state index < -0.39 is 0 Å². The third-order valence-corrected chi connectivity index (χ3v) is 2.75. The lowest BCUT2D eigenvalue weighted by atomic mass is 10.3. The molecule has 0 saturated heterocycles. The number of rotatable bonds is 3. The molecule has 1 aromatic rings. The van der Waals surface area contributed by atoms with Crippen LogP contribution in [0.3, 0.4) is 0 Å². The predicted octanol–water partition coefficient (Wildman–Crippen LogP) is 1.68. The first-order valence-corrected chi connectivity index (χ1v) is 5.27. The van der Waals surface area contributed by atoms with E-state index in [2.05, 4.69) is 23.8 Å². The molecule has 0 saturated carbocycles. The molecule has 5 heteroatoms. The minimum Gasteiger partial charge on any atom is -0.382 e. The Balaban J connectivity index is 2.73. The van der Waals surface area contributed by atoms with Crippen molar-refractivity contribution in [1.29, 1.82) is 5.26 Å². The fourth-order valence-corrected chi connectivity index (χ4v) is 1.55. The van der Waals surface area contributed by atoms with Crippen LogP contribution in [-0.4, -0.2) is 15.7 Å². The molecular weight excluding hydrogens is 196 g/mol. The molecule has 1 aromatic heterocycles. The quantitative estimate of drug-likeness (QED) is 0.604. The Kier molecular flexibility index (Phi) is 3.72. The van der Waals surface area contributed by atoms with Crippen molar-refractivity contribution in [3.63, 3.8) is 0 Å². The van der Waals surface area contributed by atoms with Gasteiger partial charge in [0.2, 0.25) is 0 Å². The Morgan fingerprint density at radius 2 is 2.36 bits per heavy atom. The van der Waals surface area contributed by atoms with Crippen molar-refractivity contribution in [3.05, 3.63) is 11.8 Å². The van der Waals surface area contributed by atoms with Crippen LogP contribution in [0.4, 0.5) is 5.82 Å². The van der Waals surface area contributed by atoms with Crippen molar-refractivity contribution >= 4 is 17.6 Å². The molecule has 1 rings (SSSR count). The van der Waals surface area contributed by atoms with Crippen LogP contribution >= 0.6 is 11.8 Å². The van der Waals surface area contributed by atoms with Crippen molar-refractivity contribution in [2.45, 2.75) is 19.0 Å². The lowest BCUT2D eigenvalue weighted by Gasteiger charge is -2.03. The largest absolute Gasteiger partial charge is 0.382 e. The van der Waals surface area contributed by atoms with Gasteiger partial charge in [-0.15, -0.1) is 0 Å². The zero-order valence-corrected chi connectivity index (χ0v) is 9.01. The topological polar surface area (TPSA) is 75.6 Å². The highest BCUT2D eigenvalue weighted by Gasteiger charge is 2.04. The summed E-state index contributed by atoms with van der Waals surface area (Å²) < 4.78 is 0. The maximum atomic E-state index is 8.61. The first kappa shape index (κ1) is 10.8. The molecule has 0 aliphatic rings. The Morgan fingerprint density at radius 1 is 1.64 bits per heavy atom. The highest BCUT2D eigenvalue weighted by Crippen LogP contribution is 2.18. The number of anilines is 1. The van der Waals surface area contributed by atoms with Crippen LogP contribution in [0.1, 0.15) is 19.4 Å². The molecule has 0 unspecified atom stereocenters. The molecule has 2 N–H and O–H groups in total.